The molecule has 0 spiro atoms. The summed E-state index contributed by atoms with van der Waals surface area (Å²) >= 11 is 3.97. The van der Waals surface area contributed by atoms with E-state index in [0.717, 1.165) is 12.1 Å². The smallest absolute Gasteiger partial charge is 0.416 e. The molecule has 0 fully saturated rings. The fourth-order valence-electron chi connectivity index (χ4n) is 0.993. The largest absolute Gasteiger partial charge is 0.489 e. The third-order valence-corrected chi connectivity index (χ3v) is 2.28. The molecule has 1 rings (SSSR count). The van der Waals surface area contributed by atoms with E-state index in [4.69, 9.17) is 4.74 Å². The van der Waals surface area contributed by atoms with E-state index in [-0.39, 0.29) is 12.4 Å². The van der Waals surface area contributed by atoms with Crippen LogP contribution in [0.25, 0.3) is 0 Å². The summed E-state index contributed by atoms with van der Waals surface area (Å²) in [6.07, 6.45) is -4.35. The van der Waals surface area contributed by atoms with E-state index in [1.165, 1.54) is 12.1 Å². The lowest BCUT2D eigenvalue weighted by Gasteiger charge is -2.10. The van der Waals surface area contributed by atoms with E-state index < -0.39 is 11.7 Å². The highest BCUT2D eigenvalue weighted by molar-refractivity contribution is 7.80. The second-order valence-electron chi connectivity index (χ2n) is 3.22. The number of hydrogen-bond donors (Lipinski definition) is 1. The number of ether oxygens (including phenoxy) is 1. The van der Waals surface area contributed by atoms with Crippen LogP contribution in [0, 0.1) is 0 Å². The van der Waals surface area contributed by atoms with Crippen molar-refractivity contribution >= 4 is 12.6 Å². The summed E-state index contributed by atoms with van der Waals surface area (Å²) in [5, 5.41) is 0. The van der Waals surface area contributed by atoms with Crippen LogP contribution in [0.2, 0.25) is 0 Å². The second-order valence-corrected chi connectivity index (χ2v) is 3.54. The molecule has 0 saturated carbocycles. The molecule has 1 nitrogen and oxygen atoms in total. The minimum absolute atomic E-state index is 0.171. The van der Waals surface area contributed by atoms with Gasteiger partial charge in [0, 0.05) is 5.75 Å². The Morgan fingerprint density at radius 2 is 2.06 bits per heavy atom. The van der Waals surface area contributed by atoms with Gasteiger partial charge < -0.3 is 4.74 Å². The van der Waals surface area contributed by atoms with Gasteiger partial charge in [-0.2, -0.15) is 25.8 Å². The Morgan fingerprint density at radius 3 is 2.62 bits per heavy atom. The van der Waals surface area contributed by atoms with Gasteiger partial charge in [-0.3, -0.25) is 0 Å². The van der Waals surface area contributed by atoms with Crippen LogP contribution >= 0.6 is 12.6 Å². The molecule has 88 valence electrons. The van der Waals surface area contributed by atoms with Gasteiger partial charge in [0.2, 0.25) is 0 Å². The molecule has 1 aromatic carbocycles. The van der Waals surface area contributed by atoms with E-state index in [2.05, 4.69) is 19.2 Å². The normalized spacial score (nSPS) is 11.2. The third-order valence-electron chi connectivity index (χ3n) is 1.83. The number of hydrogen-bond acceptors (Lipinski definition) is 2. The van der Waals surface area contributed by atoms with Crippen molar-refractivity contribution in [3.05, 3.63) is 42.0 Å². The topological polar surface area (TPSA) is 9.23 Å². The molecule has 0 radical (unpaired) electrons. The highest BCUT2D eigenvalue weighted by Crippen LogP contribution is 2.31. The van der Waals surface area contributed by atoms with Crippen LogP contribution in [-0.4, -0.2) is 12.4 Å². The average Bonchev–Trinajstić information content (AvgIpc) is 2.25. The Bertz CT molecular complexity index is 374. The summed E-state index contributed by atoms with van der Waals surface area (Å²) < 4.78 is 42.2. The molecule has 0 aliphatic rings. The van der Waals surface area contributed by atoms with Crippen molar-refractivity contribution in [3.8, 4) is 5.75 Å². The molecule has 16 heavy (non-hydrogen) atoms. The van der Waals surface area contributed by atoms with E-state index in [1.54, 1.807) is 0 Å². The summed E-state index contributed by atoms with van der Waals surface area (Å²) in [4.78, 5) is 0. The standard InChI is InChI=1S/C11H11F3OS/c1-8(7-16)6-15-10-4-2-3-9(5-10)11(12,13)14/h2-5,16H,1,6-7H2. The summed E-state index contributed by atoms with van der Waals surface area (Å²) in [6, 6.07) is 4.74. The van der Waals surface area contributed by atoms with Crippen LogP contribution in [0.3, 0.4) is 0 Å². The number of rotatable bonds is 4. The maximum atomic E-state index is 12.3. The van der Waals surface area contributed by atoms with Crippen LogP contribution in [0.5, 0.6) is 5.75 Å². The minimum atomic E-state index is -4.35. The van der Waals surface area contributed by atoms with Crippen molar-refractivity contribution < 1.29 is 17.9 Å². The Hall–Kier alpha value is -1.10. The molecule has 0 aliphatic carbocycles. The highest BCUT2D eigenvalue weighted by atomic mass is 32.1. The van der Waals surface area contributed by atoms with Gasteiger partial charge in [0.1, 0.15) is 12.4 Å². The van der Waals surface area contributed by atoms with Crippen LogP contribution in [0.1, 0.15) is 5.56 Å². The van der Waals surface area contributed by atoms with Gasteiger partial charge in [-0.05, 0) is 23.8 Å². The average molecular weight is 248 g/mol. The molecule has 0 unspecified atom stereocenters. The second kappa shape index (κ2) is 5.30. The molecule has 0 amide bonds. The van der Waals surface area contributed by atoms with Crippen LogP contribution in [0.4, 0.5) is 13.2 Å². The maximum Gasteiger partial charge on any atom is 0.416 e. The molecule has 0 heterocycles. The fourth-order valence-corrected chi connectivity index (χ4v) is 1.08. The first-order chi connectivity index (χ1) is 7.43. The zero-order valence-electron chi connectivity index (χ0n) is 8.42. The van der Waals surface area contributed by atoms with Crippen molar-refractivity contribution in [2.45, 2.75) is 6.18 Å². The van der Waals surface area contributed by atoms with Gasteiger partial charge in [0.25, 0.3) is 0 Å². The molecule has 5 heteroatoms. The minimum Gasteiger partial charge on any atom is -0.489 e. The van der Waals surface area contributed by atoms with Crippen LogP contribution in [-0.2, 0) is 6.18 Å². The first kappa shape index (κ1) is 13.0. The predicted octanol–water partition coefficient (Wildman–Crippen LogP) is 3.57. The van der Waals surface area contributed by atoms with Gasteiger partial charge in [-0.25, -0.2) is 0 Å². The van der Waals surface area contributed by atoms with Gasteiger partial charge in [-0.15, -0.1) is 0 Å². The molecule has 0 aliphatic heterocycles. The van der Waals surface area contributed by atoms with Crippen molar-refractivity contribution in [2.24, 2.45) is 0 Å². The molecule has 0 N–H and O–H groups in total. The van der Waals surface area contributed by atoms with E-state index >= 15 is 0 Å². The van der Waals surface area contributed by atoms with Crippen molar-refractivity contribution in [3.63, 3.8) is 0 Å². The molecular weight excluding hydrogens is 237 g/mol. The van der Waals surface area contributed by atoms with Crippen LogP contribution < -0.4 is 4.74 Å². The Morgan fingerprint density at radius 1 is 1.38 bits per heavy atom. The summed E-state index contributed by atoms with van der Waals surface area (Å²) in [6.45, 7) is 3.81. The van der Waals surface area contributed by atoms with E-state index in [1.807, 2.05) is 0 Å². The molecule has 0 saturated heterocycles. The highest BCUT2D eigenvalue weighted by Gasteiger charge is 2.30. The van der Waals surface area contributed by atoms with Gasteiger partial charge in [0.15, 0.2) is 0 Å². The van der Waals surface area contributed by atoms with E-state index in [9.17, 15) is 13.2 Å². The summed E-state index contributed by atoms with van der Waals surface area (Å²) in [7, 11) is 0. The van der Waals surface area contributed by atoms with Crippen molar-refractivity contribution in [2.75, 3.05) is 12.4 Å². The molecule has 1 aromatic rings. The zero-order chi connectivity index (χ0) is 12.2. The Labute approximate surface area is 97.3 Å². The van der Waals surface area contributed by atoms with Crippen molar-refractivity contribution in [1.29, 1.82) is 0 Å². The molecule has 0 bridgehead atoms. The first-order valence-corrected chi connectivity index (χ1v) is 5.14. The number of alkyl halides is 3. The maximum absolute atomic E-state index is 12.3. The molecule has 0 atom stereocenters. The third kappa shape index (κ3) is 3.81. The SMILES string of the molecule is C=C(CS)COc1cccc(C(F)(F)F)c1. The monoisotopic (exact) mass is 248 g/mol. The summed E-state index contributed by atoms with van der Waals surface area (Å²) in [5.74, 6) is 0.622. The lowest BCUT2D eigenvalue weighted by molar-refractivity contribution is -0.137. The molecule has 0 aromatic heterocycles. The van der Waals surface area contributed by atoms with Gasteiger partial charge in [0.05, 0.1) is 5.56 Å². The van der Waals surface area contributed by atoms with Gasteiger partial charge >= 0.3 is 6.18 Å². The number of benzene rings is 1. The Balaban J connectivity index is 2.72. The van der Waals surface area contributed by atoms with Crippen molar-refractivity contribution in [1.82, 2.24) is 0 Å². The lowest BCUT2D eigenvalue weighted by atomic mass is 10.2. The van der Waals surface area contributed by atoms with E-state index in [0.29, 0.717) is 11.3 Å². The fraction of sp³-hybridized carbons (Fsp3) is 0.273. The first-order valence-electron chi connectivity index (χ1n) is 4.51. The summed E-state index contributed by atoms with van der Waals surface area (Å²) in [5.41, 5.74) is -0.0118. The predicted molar refractivity (Wildman–Crippen MR) is 59.9 cm³/mol. The van der Waals surface area contributed by atoms with Gasteiger partial charge in [-0.1, -0.05) is 12.6 Å². The lowest BCUT2D eigenvalue weighted by Crippen LogP contribution is -2.06. The Kier molecular flexibility index (Phi) is 4.29. The number of thiol groups is 1. The zero-order valence-corrected chi connectivity index (χ0v) is 9.31. The number of halogens is 3. The van der Waals surface area contributed by atoms with Crippen LogP contribution in [0.15, 0.2) is 36.4 Å². The molecular formula is C11H11F3OS. The quantitative estimate of drug-likeness (QED) is 0.633.